The number of halogens is 1. The third-order valence-electron chi connectivity index (χ3n) is 3.85. The molecule has 0 atom stereocenters. The highest BCUT2D eigenvalue weighted by atomic mass is 19.1. The van der Waals surface area contributed by atoms with Crippen LogP contribution >= 0.6 is 0 Å². The van der Waals surface area contributed by atoms with E-state index in [1.165, 1.54) is 12.1 Å². The number of carbonyl (C=O) groups is 1. The molecule has 2 N–H and O–H groups in total. The van der Waals surface area contributed by atoms with Gasteiger partial charge in [-0.15, -0.1) is 0 Å². The van der Waals surface area contributed by atoms with Gasteiger partial charge < -0.3 is 15.2 Å². The fourth-order valence-electron chi connectivity index (χ4n) is 2.47. The van der Waals surface area contributed by atoms with Crippen molar-refractivity contribution < 1.29 is 19.0 Å². The van der Waals surface area contributed by atoms with Gasteiger partial charge in [0.1, 0.15) is 18.2 Å². The highest BCUT2D eigenvalue weighted by Gasteiger charge is 2.08. The Bertz CT molecular complexity index is 897. The summed E-state index contributed by atoms with van der Waals surface area (Å²) in [6.07, 6.45) is 0. The summed E-state index contributed by atoms with van der Waals surface area (Å²) in [5.41, 5.74) is 2.18. The van der Waals surface area contributed by atoms with Crippen LogP contribution in [-0.2, 0) is 13.2 Å². The molecule has 0 spiro atoms. The van der Waals surface area contributed by atoms with Crippen molar-refractivity contribution in [2.75, 3.05) is 5.32 Å². The van der Waals surface area contributed by atoms with E-state index in [4.69, 9.17) is 9.84 Å². The Labute approximate surface area is 150 Å². The van der Waals surface area contributed by atoms with E-state index in [-0.39, 0.29) is 11.3 Å². The van der Waals surface area contributed by atoms with E-state index in [0.29, 0.717) is 13.2 Å². The van der Waals surface area contributed by atoms with Crippen LogP contribution in [0.5, 0.6) is 5.75 Å². The maximum absolute atomic E-state index is 14.0. The van der Waals surface area contributed by atoms with E-state index in [2.05, 4.69) is 5.32 Å². The molecule has 0 saturated heterocycles. The minimum atomic E-state index is -1.15. The molecular formula is C21H18FNO3. The van der Waals surface area contributed by atoms with Crippen molar-refractivity contribution in [1.29, 1.82) is 0 Å². The number of aromatic carboxylic acids is 1. The quantitative estimate of drug-likeness (QED) is 0.647. The Morgan fingerprint density at radius 2 is 1.73 bits per heavy atom. The molecule has 5 heteroatoms. The minimum absolute atomic E-state index is 0.0793. The van der Waals surface area contributed by atoms with Crippen LogP contribution in [-0.4, -0.2) is 11.1 Å². The van der Waals surface area contributed by atoms with E-state index >= 15 is 0 Å². The summed E-state index contributed by atoms with van der Waals surface area (Å²) in [6, 6.07) is 21.2. The molecular weight excluding hydrogens is 333 g/mol. The number of benzene rings is 3. The molecule has 3 aromatic carbocycles. The van der Waals surface area contributed by atoms with Gasteiger partial charge in [0.2, 0.25) is 0 Å². The predicted octanol–water partition coefficient (Wildman–Crippen LogP) is 4.72. The van der Waals surface area contributed by atoms with Crippen LogP contribution in [0.3, 0.4) is 0 Å². The summed E-state index contributed by atoms with van der Waals surface area (Å²) in [6.45, 7) is 0.870. The molecule has 0 aliphatic rings. The molecule has 0 heterocycles. The third kappa shape index (κ3) is 4.60. The normalized spacial score (nSPS) is 10.3. The van der Waals surface area contributed by atoms with E-state index in [1.807, 2.05) is 54.6 Å². The summed E-state index contributed by atoms with van der Waals surface area (Å²) in [5.74, 6) is -1.02. The molecule has 0 aromatic heterocycles. The lowest BCUT2D eigenvalue weighted by Gasteiger charge is -2.11. The number of ether oxygens (including phenoxy) is 1. The molecule has 0 unspecified atom stereocenters. The molecule has 0 radical (unpaired) electrons. The second kappa shape index (κ2) is 8.16. The molecule has 4 nitrogen and oxygen atoms in total. The van der Waals surface area contributed by atoms with Gasteiger partial charge in [-0.25, -0.2) is 9.18 Å². The highest BCUT2D eigenvalue weighted by Crippen LogP contribution is 2.19. The summed E-state index contributed by atoms with van der Waals surface area (Å²) in [4.78, 5) is 10.8. The average molecular weight is 351 g/mol. The van der Waals surface area contributed by atoms with Crippen molar-refractivity contribution >= 4 is 11.7 Å². The second-order valence-electron chi connectivity index (χ2n) is 5.78. The van der Waals surface area contributed by atoms with Crippen LogP contribution in [0, 0.1) is 5.82 Å². The Kier molecular flexibility index (Phi) is 5.49. The zero-order valence-electron chi connectivity index (χ0n) is 14.0. The summed E-state index contributed by atoms with van der Waals surface area (Å²) in [5, 5.41) is 11.8. The van der Waals surface area contributed by atoms with Gasteiger partial charge >= 0.3 is 5.97 Å². The summed E-state index contributed by atoms with van der Waals surface area (Å²) < 4.78 is 19.7. The topological polar surface area (TPSA) is 58.6 Å². The fourth-order valence-corrected chi connectivity index (χ4v) is 2.47. The van der Waals surface area contributed by atoms with Crippen molar-refractivity contribution in [2.24, 2.45) is 0 Å². The van der Waals surface area contributed by atoms with Gasteiger partial charge in [0, 0.05) is 6.54 Å². The molecule has 0 saturated carbocycles. The van der Waals surface area contributed by atoms with Crippen LogP contribution in [0.4, 0.5) is 10.1 Å². The lowest BCUT2D eigenvalue weighted by molar-refractivity contribution is 0.0696. The van der Waals surface area contributed by atoms with Gasteiger partial charge in [0.25, 0.3) is 0 Å². The van der Waals surface area contributed by atoms with Crippen LogP contribution in [0.2, 0.25) is 0 Å². The van der Waals surface area contributed by atoms with E-state index in [0.717, 1.165) is 22.9 Å². The maximum Gasteiger partial charge on any atom is 0.335 e. The van der Waals surface area contributed by atoms with Crippen molar-refractivity contribution in [3.8, 4) is 5.75 Å². The Morgan fingerprint density at radius 1 is 0.962 bits per heavy atom. The lowest BCUT2D eigenvalue weighted by atomic mass is 10.1. The summed E-state index contributed by atoms with van der Waals surface area (Å²) in [7, 11) is 0. The highest BCUT2D eigenvalue weighted by molar-refractivity contribution is 5.88. The number of rotatable bonds is 7. The molecule has 0 fully saturated rings. The lowest BCUT2D eigenvalue weighted by Crippen LogP contribution is -2.04. The molecule has 0 amide bonds. The van der Waals surface area contributed by atoms with E-state index in [1.54, 1.807) is 0 Å². The maximum atomic E-state index is 14.0. The first-order valence-electron chi connectivity index (χ1n) is 8.14. The molecule has 132 valence electrons. The molecule has 0 aliphatic carbocycles. The number of anilines is 1. The first kappa shape index (κ1) is 17.5. The van der Waals surface area contributed by atoms with Crippen LogP contribution in [0.15, 0.2) is 72.8 Å². The fraction of sp³-hybridized carbons (Fsp3) is 0.0952. The Hall–Kier alpha value is -3.34. The molecule has 0 bridgehead atoms. The van der Waals surface area contributed by atoms with Crippen molar-refractivity contribution in [1.82, 2.24) is 0 Å². The van der Waals surface area contributed by atoms with Crippen LogP contribution < -0.4 is 10.1 Å². The summed E-state index contributed by atoms with van der Waals surface area (Å²) >= 11 is 0. The molecule has 26 heavy (non-hydrogen) atoms. The molecule has 3 aromatic rings. The minimum Gasteiger partial charge on any atom is -0.489 e. The number of hydrogen-bond acceptors (Lipinski definition) is 3. The van der Waals surface area contributed by atoms with Gasteiger partial charge in [0.15, 0.2) is 0 Å². The zero-order valence-corrected chi connectivity index (χ0v) is 14.0. The number of carboxylic acid groups (broad SMARTS) is 1. The number of nitrogens with one attached hydrogen (secondary N) is 1. The van der Waals surface area contributed by atoms with Gasteiger partial charge in [-0.2, -0.15) is 0 Å². The van der Waals surface area contributed by atoms with Gasteiger partial charge in [-0.05, 0) is 41.5 Å². The third-order valence-corrected chi connectivity index (χ3v) is 3.85. The first-order chi connectivity index (χ1) is 12.6. The average Bonchev–Trinajstić information content (AvgIpc) is 2.66. The Balaban J connectivity index is 1.61. The SMILES string of the molecule is O=C(O)c1ccc(NCc2cccc(OCc3ccccc3)c2)c(F)c1. The number of carboxylic acids is 1. The number of hydrogen-bond donors (Lipinski definition) is 2. The van der Waals surface area contributed by atoms with Crippen molar-refractivity contribution in [3.05, 3.63) is 95.3 Å². The van der Waals surface area contributed by atoms with Gasteiger partial charge in [-0.1, -0.05) is 42.5 Å². The van der Waals surface area contributed by atoms with Gasteiger partial charge in [-0.3, -0.25) is 0 Å². The zero-order chi connectivity index (χ0) is 18.4. The smallest absolute Gasteiger partial charge is 0.335 e. The Morgan fingerprint density at radius 3 is 2.46 bits per heavy atom. The van der Waals surface area contributed by atoms with E-state index in [9.17, 15) is 9.18 Å². The van der Waals surface area contributed by atoms with Crippen molar-refractivity contribution in [3.63, 3.8) is 0 Å². The second-order valence-corrected chi connectivity index (χ2v) is 5.78. The standard InChI is InChI=1S/C21H18FNO3/c22-19-12-17(21(24)25)9-10-20(19)23-13-16-7-4-8-18(11-16)26-14-15-5-2-1-3-6-15/h1-12,23H,13-14H2,(H,24,25). The first-order valence-corrected chi connectivity index (χ1v) is 8.14. The van der Waals surface area contributed by atoms with Crippen molar-refractivity contribution in [2.45, 2.75) is 13.2 Å². The predicted molar refractivity (Wildman–Crippen MR) is 97.9 cm³/mol. The van der Waals surface area contributed by atoms with Gasteiger partial charge in [0.05, 0.1) is 11.3 Å². The van der Waals surface area contributed by atoms with Crippen LogP contribution in [0.25, 0.3) is 0 Å². The monoisotopic (exact) mass is 351 g/mol. The molecule has 3 rings (SSSR count). The molecule has 0 aliphatic heterocycles. The van der Waals surface area contributed by atoms with Crippen LogP contribution in [0.1, 0.15) is 21.5 Å². The van der Waals surface area contributed by atoms with E-state index < -0.39 is 11.8 Å². The largest absolute Gasteiger partial charge is 0.489 e.